The highest BCUT2D eigenvalue weighted by molar-refractivity contribution is 5.76. The van der Waals surface area contributed by atoms with E-state index in [4.69, 9.17) is 0 Å². The third-order valence-electron chi connectivity index (χ3n) is 4.12. The summed E-state index contributed by atoms with van der Waals surface area (Å²) < 4.78 is 25.9. The van der Waals surface area contributed by atoms with Crippen molar-refractivity contribution in [3.8, 4) is 0 Å². The van der Waals surface area contributed by atoms with Crippen molar-refractivity contribution in [2.45, 2.75) is 32.7 Å². The molecule has 1 aliphatic heterocycles. The van der Waals surface area contributed by atoms with Crippen LogP contribution in [0.4, 0.5) is 8.78 Å². The van der Waals surface area contributed by atoms with Crippen LogP contribution in [0, 0.1) is 23.5 Å². The van der Waals surface area contributed by atoms with Gasteiger partial charge in [0.25, 0.3) is 0 Å². The van der Waals surface area contributed by atoms with E-state index in [0.717, 1.165) is 38.1 Å². The van der Waals surface area contributed by atoms with Crippen LogP contribution in [-0.4, -0.2) is 19.0 Å². The zero-order valence-electron chi connectivity index (χ0n) is 12.3. The first kappa shape index (κ1) is 15.9. The van der Waals surface area contributed by atoms with Crippen LogP contribution in [0.25, 0.3) is 0 Å². The van der Waals surface area contributed by atoms with Crippen LogP contribution >= 0.6 is 0 Å². The van der Waals surface area contributed by atoms with E-state index in [9.17, 15) is 13.6 Å². The largest absolute Gasteiger partial charge is 0.352 e. The molecule has 2 unspecified atom stereocenters. The van der Waals surface area contributed by atoms with Crippen LogP contribution in [0.3, 0.4) is 0 Å². The molecule has 2 rings (SSSR count). The molecule has 1 heterocycles. The molecule has 3 nitrogen and oxygen atoms in total. The van der Waals surface area contributed by atoms with E-state index in [0.29, 0.717) is 23.8 Å². The smallest absolute Gasteiger partial charge is 0.220 e. The van der Waals surface area contributed by atoms with Gasteiger partial charge in [-0.05, 0) is 55.5 Å². The predicted octanol–water partition coefficient (Wildman–Crippen LogP) is 2.61. The molecule has 1 aromatic rings. The third-order valence-corrected chi connectivity index (χ3v) is 4.12. The van der Waals surface area contributed by atoms with Crippen molar-refractivity contribution < 1.29 is 13.6 Å². The van der Waals surface area contributed by atoms with E-state index in [1.54, 1.807) is 0 Å². The van der Waals surface area contributed by atoms with Gasteiger partial charge in [-0.25, -0.2) is 8.78 Å². The van der Waals surface area contributed by atoms with Crippen LogP contribution in [0.5, 0.6) is 0 Å². The SMILES string of the molecule is CC(CC(=O)NCc1ccc(F)c(F)c1)C1CCCNC1. The molecule has 0 bridgehead atoms. The molecule has 0 saturated carbocycles. The Hall–Kier alpha value is -1.49. The van der Waals surface area contributed by atoms with Crippen LogP contribution in [0.2, 0.25) is 0 Å². The van der Waals surface area contributed by atoms with Crippen molar-refractivity contribution in [2.75, 3.05) is 13.1 Å². The molecule has 1 aliphatic rings. The van der Waals surface area contributed by atoms with Crippen molar-refractivity contribution >= 4 is 5.91 Å². The summed E-state index contributed by atoms with van der Waals surface area (Å²) in [5, 5.41) is 6.12. The second kappa shape index (κ2) is 7.50. The number of amides is 1. The molecule has 2 N–H and O–H groups in total. The molecule has 0 aromatic heterocycles. The number of hydrogen-bond donors (Lipinski definition) is 2. The topological polar surface area (TPSA) is 41.1 Å². The molecule has 116 valence electrons. The molecule has 1 fully saturated rings. The summed E-state index contributed by atoms with van der Waals surface area (Å²) in [6.45, 7) is 4.35. The van der Waals surface area contributed by atoms with Gasteiger partial charge in [0.05, 0.1) is 0 Å². The Morgan fingerprint density at radius 1 is 1.43 bits per heavy atom. The normalized spacial score (nSPS) is 20.0. The molecule has 5 heteroatoms. The first-order chi connectivity index (χ1) is 10.1. The van der Waals surface area contributed by atoms with Crippen molar-refractivity contribution in [2.24, 2.45) is 11.8 Å². The van der Waals surface area contributed by atoms with Crippen molar-refractivity contribution in [1.29, 1.82) is 0 Å². The minimum absolute atomic E-state index is 0.0437. The molecule has 0 radical (unpaired) electrons. The van der Waals surface area contributed by atoms with E-state index in [1.807, 2.05) is 0 Å². The van der Waals surface area contributed by atoms with Gasteiger partial charge in [0.2, 0.25) is 5.91 Å². The van der Waals surface area contributed by atoms with Gasteiger partial charge in [-0.1, -0.05) is 13.0 Å². The highest BCUT2D eigenvalue weighted by Gasteiger charge is 2.21. The quantitative estimate of drug-likeness (QED) is 0.877. The number of hydrogen-bond acceptors (Lipinski definition) is 2. The van der Waals surface area contributed by atoms with Gasteiger partial charge in [0, 0.05) is 13.0 Å². The number of rotatable bonds is 5. The Labute approximate surface area is 124 Å². The second-order valence-corrected chi connectivity index (χ2v) is 5.81. The molecule has 1 saturated heterocycles. The third kappa shape index (κ3) is 4.77. The van der Waals surface area contributed by atoms with Gasteiger partial charge in [-0.15, -0.1) is 0 Å². The van der Waals surface area contributed by atoms with Gasteiger partial charge in [0.15, 0.2) is 11.6 Å². The maximum Gasteiger partial charge on any atom is 0.220 e. The van der Waals surface area contributed by atoms with Gasteiger partial charge < -0.3 is 10.6 Å². The Morgan fingerprint density at radius 3 is 2.90 bits per heavy atom. The Balaban J connectivity index is 1.77. The van der Waals surface area contributed by atoms with E-state index in [2.05, 4.69) is 17.6 Å². The first-order valence-corrected chi connectivity index (χ1v) is 7.47. The Kier molecular flexibility index (Phi) is 5.67. The molecule has 0 aliphatic carbocycles. The van der Waals surface area contributed by atoms with E-state index < -0.39 is 11.6 Å². The van der Waals surface area contributed by atoms with Crippen LogP contribution in [0.15, 0.2) is 18.2 Å². The van der Waals surface area contributed by atoms with E-state index in [1.165, 1.54) is 6.07 Å². The summed E-state index contributed by atoms with van der Waals surface area (Å²) in [6.07, 6.45) is 2.78. The summed E-state index contributed by atoms with van der Waals surface area (Å²) in [7, 11) is 0. The van der Waals surface area contributed by atoms with Crippen molar-refractivity contribution in [3.05, 3.63) is 35.4 Å². The average molecular weight is 296 g/mol. The summed E-state index contributed by atoms with van der Waals surface area (Å²) in [6, 6.07) is 3.67. The maximum absolute atomic E-state index is 13.1. The molecule has 1 amide bonds. The lowest BCUT2D eigenvalue weighted by atomic mass is 9.85. The van der Waals surface area contributed by atoms with Crippen molar-refractivity contribution in [1.82, 2.24) is 10.6 Å². The maximum atomic E-state index is 13.1. The summed E-state index contributed by atoms with van der Waals surface area (Å²) in [4.78, 5) is 11.9. The molecular formula is C16H22F2N2O. The van der Waals surface area contributed by atoms with Crippen LogP contribution < -0.4 is 10.6 Å². The summed E-state index contributed by atoms with van der Waals surface area (Å²) >= 11 is 0. The lowest BCUT2D eigenvalue weighted by molar-refractivity contribution is -0.122. The van der Waals surface area contributed by atoms with Gasteiger partial charge >= 0.3 is 0 Å². The predicted molar refractivity (Wildman–Crippen MR) is 77.6 cm³/mol. The molecular weight excluding hydrogens is 274 g/mol. The standard InChI is InChI=1S/C16H22F2N2O/c1-11(13-3-2-6-19-10-13)7-16(21)20-9-12-4-5-14(17)15(18)8-12/h4-5,8,11,13,19H,2-3,6-7,9-10H2,1H3,(H,20,21). The monoisotopic (exact) mass is 296 g/mol. The van der Waals surface area contributed by atoms with Gasteiger partial charge in [0.1, 0.15) is 0 Å². The molecule has 0 spiro atoms. The fraction of sp³-hybridized carbons (Fsp3) is 0.562. The Morgan fingerprint density at radius 2 is 2.24 bits per heavy atom. The minimum Gasteiger partial charge on any atom is -0.352 e. The number of carbonyl (C=O) groups excluding carboxylic acids is 1. The summed E-state index contributed by atoms with van der Waals surface area (Å²) in [5.74, 6) is -0.944. The molecule has 1 aromatic carbocycles. The number of carbonyl (C=O) groups is 1. The van der Waals surface area contributed by atoms with E-state index >= 15 is 0 Å². The van der Waals surface area contributed by atoms with Gasteiger partial charge in [-0.2, -0.15) is 0 Å². The minimum atomic E-state index is -0.886. The zero-order chi connectivity index (χ0) is 15.2. The highest BCUT2D eigenvalue weighted by Crippen LogP contribution is 2.22. The van der Waals surface area contributed by atoms with Gasteiger partial charge in [-0.3, -0.25) is 4.79 Å². The first-order valence-electron chi connectivity index (χ1n) is 7.47. The van der Waals surface area contributed by atoms with Crippen LogP contribution in [-0.2, 0) is 11.3 Å². The zero-order valence-corrected chi connectivity index (χ0v) is 12.3. The van der Waals surface area contributed by atoms with E-state index in [-0.39, 0.29) is 12.5 Å². The molecule has 21 heavy (non-hydrogen) atoms. The lowest BCUT2D eigenvalue weighted by Gasteiger charge is -2.28. The fourth-order valence-corrected chi connectivity index (χ4v) is 2.75. The van der Waals surface area contributed by atoms with Crippen molar-refractivity contribution in [3.63, 3.8) is 0 Å². The Bertz CT molecular complexity index is 487. The highest BCUT2D eigenvalue weighted by atomic mass is 19.2. The number of piperidine rings is 1. The summed E-state index contributed by atoms with van der Waals surface area (Å²) in [5.41, 5.74) is 0.564. The second-order valence-electron chi connectivity index (χ2n) is 5.81. The fourth-order valence-electron chi connectivity index (χ4n) is 2.75. The number of nitrogens with one attached hydrogen (secondary N) is 2. The molecule has 2 atom stereocenters. The number of benzene rings is 1. The van der Waals surface area contributed by atoms with Crippen LogP contribution in [0.1, 0.15) is 31.7 Å². The lowest BCUT2D eigenvalue weighted by Crippen LogP contribution is -2.35. The number of halogens is 2. The average Bonchev–Trinajstić information content (AvgIpc) is 2.49.